The van der Waals surface area contributed by atoms with Crippen molar-refractivity contribution in [1.82, 2.24) is 4.90 Å². The molecule has 0 saturated carbocycles. The maximum atomic E-state index is 13.4. The van der Waals surface area contributed by atoms with Gasteiger partial charge in [0.2, 0.25) is 0 Å². The zero-order valence-electron chi connectivity index (χ0n) is 18.5. The van der Waals surface area contributed by atoms with Crippen LogP contribution in [0, 0.1) is 18.3 Å². The van der Waals surface area contributed by atoms with Crippen molar-refractivity contribution in [1.29, 1.82) is 5.26 Å². The first kappa shape index (κ1) is 23.8. The molecule has 0 unspecified atom stereocenters. The number of morpholine rings is 1. The number of amides is 2. The van der Waals surface area contributed by atoms with Crippen molar-refractivity contribution in [3.8, 4) is 22.3 Å². The third kappa shape index (κ3) is 5.23. The average molecular weight is 496 g/mol. The van der Waals surface area contributed by atoms with E-state index in [9.17, 15) is 9.59 Å². The highest BCUT2D eigenvalue weighted by Crippen LogP contribution is 2.40. The summed E-state index contributed by atoms with van der Waals surface area (Å²) in [5.41, 5.74) is 2.67. The van der Waals surface area contributed by atoms with E-state index in [4.69, 9.17) is 26.3 Å². The van der Waals surface area contributed by atoms with Crippen LogP contribution in [0.5, 0.6) is 5.75 Å². The van der Waals surface area contributed by atoms with Crippen molar-refractivity contribution < 1.29 is 19.1 Å². The number of carbonyl (C=O) groups is 2. The number of thiophene rings is 1. The highest BCUT2D eigenvalue weighted by molar-refractivity contribution is 7.20. The molecule has 1 fully saturated rings. The van der Waals surface area contributed by atoms with Crippen molar-refractivity contribution >= 4 is 39.8 Å². The minimum atomic E-state index is -0.419. The zero-order valence-corrected chi connectivity index (χ0v) is 20.0. The lowest BCUT2D eigenvalue weighted by Gasteiger charge is -2.27. The molecular formula is C25H22ClN3O4S. The van der Waals surface area contributed by atoms with E-state index >= 15 is 0 Å². The normalized spacial score (nSPS) is 13.3. The Hall–Kier alpha value is -3.38. The summed E-state index contributed by atoms with van der Waals surface area (Å²) in [6, 6.07) is 16.3. The molecule has 0 bridgehead atoms. The van der Waals surface area contributed by atoms with Crippen LogP contribution in [0.15, 0.2) is 48.5 Å². The topological polar surface area (TPSA) is 91.7 Å². The molecule has 1 aliphatic rings. The standard InChI is InChI=1S/C25H22ClN3O4S/c1-16-22(25(31)29-9-11-32-12-10-29)24(34-23(16)18-5-3-2-4-6-18)28-21(30)15-33-20-8-7-17(14-27)13-19(20)26/h2-8,13H,9-12,15H2,1H3,(H,28,30). The van der Waals surface area contributed by atoms with Gasteiger partial charge in [0, 0.05) is 18.0 Å². The molecule has 3 aromatic rings. The number of halogens is 1. The Bertz CT molecular complexity index is 1250. The Balaban J connectivity index is 1.57. The largest absolute Gasteiger partial charge is 0.482 e. The first-order valence-corrected chi connectivity index (χ1v) is 11.9. The van der Waals surface area contributed by atoms with Crippen molar-refractivity contribution in [2.75, 3.05) is 38.2 Å². The Morgan fingerprint density at radius 3 is 2.62 bits per heavy atom. The van der Waals surface area contributed by atoms with Crippen LogP contribution in [0.1, 0.15) is 21.5 Å². The van der Waals surface area contributed by atoms with E-state index in [1.54, 1.807) is 17.0 Å². The lowest BCUT2D eigenvalue weighted by molar-refractivity contribution is -0.118. The van der Waals surface area contributed by atoms with Gasteiger partial charge in [0.15, 0.2) is 6.61 Å². The van der Waals surface area contributed by atoms with Crippen LogP contribution < -0.4 is 10.1 Å². The second kappa shape index (κ2) is 10.7. The molecule has 2 heterocycles. The minimum absolute atomic E-state index is 0.134. The molecular weight excluding hydrogens is 474 g/mol. The lowest BCUT2D eigenvalue weighted by atomic mass is 10.1. The van der Waals surface area contributed by atoms with Gasteiger partial charge >= 0.3 is 0 Å². The van der Waals surface area contributed by atoms with Gasteiger partial charge in [-0.25, -0.2) is 0 Å². The number of ether oxygens (including phenoxy) is 2. The van der Waals surface area contributed by atoms with Crippen molar-refractivity contribution in [2.24, 2.45) is 0 Å². The molecule has 9 heteroatoms. The summed E-state index contributed by atoms with van der Waals surface area (Å²) in [5.74, 6) is -0.254. The molecule has 34 heavy (non-hydrogen) atoms. The lowest BCUT2D eigenvalue weighted by Crippen LogP contribution is -2.41. The predicted octanol–water partition coefficient (Wildman–Crippen LogP) is 4.74. The van der Waals surface area contributed by atoms with Gasteiger partial charge in [-0.15, -0.1) is 11.3 Å². The molecule has 1 aromatic heterocycles. The molecule has 1 saturated heterocycles. The van der Waals surface area contributed by atoms with Crippen molar-refractivity contribution in [3.05, 3.63) is 70.2 Å². The summed E-state index contributed by atoms with van der Waals surface area (Å²) in [6.07, 6.45) is 0. The average Bonchev–Trinajstić information content (AvgIpc) is 3.19. The van der Waals surface area contributed by atoms with Gasteiger partial charge in [-0.2, -0.15) is 5.26 Å². The number of nitriles is 1. The Morgan fingerprint density at radius 1 is 1.21 bits per heavy atom. The van der Waals surface area contributed by atoms with Gasteiger partial charge in [-0.3, -0.25) is 9.59 Å². The van der Waals surface area contributed by atoms with Crippen LogP contribution in [0.2, 0.25) is 5.02 Å². The zero-order chi connectivity index (χ0) is 24.1. The third-order valence-electron chi connectivity index (χ3n) is 5.37. The van der Waals surface area contributed by atoms with Crippen LogP contribution in [-0.2, 0) is 9.53 Å². The van der Waals surface area contributed by atoms with Gasteiger partial charge in [0.05, 0.1) is 35.4 Å². The number of anilines is 1. The van der Waals surface area contributed by atoms with E-state index < -0.39 is 5.91 Å². The number of nitrogens with one attached hydrogen (secondary N) is 1. The van der Waals surface area contributed by atoms with Gasteiger partial charge in [-0.1, -0.05) is 41.9 Å². The van der Waals surface area contributed by atoms with Gasteiger partial charge in [0.25, 0.3) is 11.8 Å². The predicted molar refractivity (Wildman–Crippen MR) is 132 cm³/mol. The van der Waals surface area contributed by atoms with Gasteiger partial charge in [0.1, 0.15) is 10.8 Å². The molecule has 2 amide bonds. The van der Waals surface area contributed by atoms with Crippen LogP contribution in [0.4, 0.5) is 5.00 Å². The molecule has 1 N–H and O–H groups in total. The van der Waals surface area contributed by atoms with E-state index in [-0.39, 0.29) is 17.5 Å². The summed E-state index contributed by atoms with van der Waals surface area (Å²) >= 11 is 7.49. The van der Waals surface area contributed by atoms with Crippen molar-refractivity contribution in [3.63, 3.8) is 0 Å². The fourth-order valence-corrected chi connectivity index (χ4v) is 5.10. The van der Waals surface area contributed by atoms with Crippen LogP contribution in [0.3, 0.4) is 0 Å². The monoisotopic (exact) mass is 495 g/mol. The Kier molecular flexibility index (Phi) is 7.48. The first-order valence-electron chi connectivity index (χ1n) is 10.7. The van der Waals surface area contributed by atoms with Crippen LogP contribution in [0.25, 0.3) is 10.4 Å². The summed E-state index contributed by atoms with van der Waals surface area (Å²) in [6.45, 7) is 3.58. The SMILES string of the molecule is Cc1c(-c2ccccc2)sc(NC(=O)COc2ccc(C#N)cc2Cl)c1C(=O)N1CCOCC1. The smallest absolute Gasteiger partial charge is 0.262 e. The fraction of sp³-hybridized carbons (Fsp3) is 0.240. The maximum absolute atomic E-state index is 13.4. The molecule has 174 valence electrons. The Morgan fingerprint density at radius 2 is 1.94 bits per heavy atom. The molecule has 1 aliphatic heterocycles. The van der Waals surface area contributed by atoms with Gasteiger partial charge in [-0.05, 0) is 36.2 Å². The first-order chi connectivity index (χ1) is 16.5. The van der Waals surface area contributed by atoms with E-state index in [0.29, 0.717) is 48.2 Å². The molecule has 0 radical (unpaired) electrons. The van der Waals surface area contributed by atoms with Crippen LogP contribution >= 0.6 is 22.9 Å². The second-order valence-corrected chi connectivity index (χ2v) is 9.05. The number of nitrogens with zero attached hydrogens (tertiary/aromatic N) is 2. The van der Waals surface area contributed by atoms with Gasteiger partial charge < -0.3 is 19.7 Å². The summed E-state index contributed by atoms with van der Waals surface area (Å²) in [7, 11) is 0. The van der Waals surface area contributed by atoms with E-state index in [1.165, 1.54) is 17.4 Å². The maximum Gasteiger partial charge on any atom is 0.262 e. The Labute approximate surface area is 206 Å². The summed E-state index contributed by atoms with van der Waals surface area (Å²) in [4.78, 5) is 28.8. The van der Waals surface area contributed by atoms with E-state index in [2.05, 4.69) is 5.32 Å². The highest BCUT2D eigenvalue weighted by Gasteiger charge is 2.28. The molecule has 0 aliphatic carbocycles. The number of hydrogen-bond donors (Lipinski definition) is 1. The number of hydrogen-bond acceptors (Lipinski definition) is 6. The molecule has 4 rings (SSSR count). The molecule has 0 atom stereocenters. The van der Waals surface area contributed by atoms with E-state index in [0.717, 1.165) is 16.0 Å². The second-order valence-electron chi connectivity index (χ2n) is 7.62. The quantitative estimate of drug-likeness (QED) is 0.533. The highest BCUT2D eigenvalue weighted by atomic mass is 35.5. The van der Waals surface area contributed by atoms with Crippen molar-refractivity contribution in [2.45, 2.75) is 6.92 Å². The number of carbonyl (C=O) groups excluding carboxylic acids is 2. The molecule has 0 spiro atoms. The fourth-order valence-electron chi connectivity index (χ4n) is 3.64. The summed E-state index contributed by atoms with van der Waals surface area (Å²) < 4.78 is 10.9. The van der Waals surface area contributed by atoms with E-state index in [1.807, 2.05) is 43.3 Å². The minimum Gasteiger partial charge on any atom is -0.482 e. The molecule has 7 nitrogen and oxygen atoms in total. The number of rotatable bonds is 6. The summed E-state index contributed by atoms with van der Waals surface area (Å²) in [5, 5.41) is 12.5. The third-order valence-corrected chi connectivity index (χ3v) is 6.92. The molecule has 2 aromatic carbocycles. The number of benzene rings is 2. The van der Waals surface area contributed by atoms with Crippen LogP contribution in [-0.4, -0.2) is 49.6 Å².